The summed E-state index contributed by atoms with van der Waals surface area (Å²) in [4.78, 5) is 0. The molecule has 0 aliphatic rings. The van der Waals surface area contributed by atoms with Gasteiger partial charge in [-0.1, -0.05) is 30.1 Å². The highest BCUT2D eigenvalue weighted by Gasteiger charge is 2.18. The summed E-state index contributed by atoms with van der Waals surface area (Å²) in [6, 6.07) is 5.80. The van der Waals surface area contributed by atoms with Gasteiger partial charge in [-0.15, -0.1) is 0 Å². The van der Waals surface area contributed by atoms with Crippen LogP contribution in [0.2, 0.25) is 10.0 Å². The van der Waals surface area contributed by atoms with Gasteiger partial charge in [-0.05, 0) is 50.1 Å². The molecule has 0 saturated carbocycles. The summed E-state index contributed by atoms with van der Waals surface area (Å²) >= 11 is 12.4. The molecule has 0 aliphatic carbocycles. The number of aromatic nitrogens is 2. The molecule has 3 nitrogen and oxygen atoms in total. The third-order valence-corrected chi connectivity index (χ3v) is 4.32. The van der Waals surface area contributed by atoms with E-state index >= 15 is 0 Å². The molecule has 0 aliphatic heterocycles. The second-order valence-corrected chi connectivity index (χ2v) is 6.10. The van der Waals surface area contributed by atoms with Crippen molar-refractivity contribution in [3.63, 3.8) is 0 Å². The minimum Gasteiger partial charge on any atom is -0.310 e. The summed E-state index contributed by atoms with van der Waals surface area (Å²) in [5.41, 5.74) is 3.43. The number of rotatable bonds is 6. The fraction of sp³-hybridized carbons (Fsp3) is 0.438. The van der Waals surface area contributed by atoms with Crippen LogP contribution in [0.25, 0.3) is 0 Å². The molecule has 1 atom stereocenters. The molecule has 0 saturated heterocycles. The van der Waals surface area contributed by atoms with Gasteiger partial charge in [-0.25, -0.2) is 0 Å². The van der Waals surface area contributed by atoms with Gasteiger partial charge in [0.05, 0.1) is 6.20 Å². The molecule has 1 unspecified atom stereocenters. The molecule has 0 spiro atoms. The van der Waals surface area contributed by atoms with E-state index in [-0.39, 0.29) is 6.04 Å². The zero-order valence-electron chi connectivity index (χ0n) is 12.7. The summed E-state index contributed by atoms with van der Waals surface area (Å²) in [5, 5.41) is 9.39. The summed E-state index contributed by atoms with van der Waals surface area (Å²) in [5.74, 6) is 0. The van der Waals surface area contributed by atoms with E-state index in [2.05, 4.69) is 24.3 Å². The quantitative estimate of drug-likeness (QED) is 0.857. The number of benzene rings is 1. The Morgan fingerprint density at radius 3 is 2.71 bits per heavy atom. The summed E-state index contributed by atoms with van der Waals surface area (Å²) in [6.45, 7) is 5.20. The third kappa shape index (κ3) is 4.00. The minimum absolute atomic E-state index is 0.189. The van der Waals surface area contributed by atoms with Crippen LogP contribution in [0, 0.1) is 6.92 Å². The monoisotopic (exact) mass is 325 g/mol. The second kappa shape index (κ2) is 7.30. The van der Waals surface area contributed by atoms with Gasteiger partial charge >= 0.3 is 0 Å². The first-order valence-corrected chi connectivity index (χ1v) is 7.94. The molecule has 0 amide bonds. The van der Waals surface area contributed by atoms with E-state index in [1.807, 2.05) is 36.1 Å². The van der Waals surface area contributed by atoms with Crippen molar-refractivity contribution in [1.29, 1.82) is 0 Å². The van der Waals surface area contributed by atoms with Gasteiger partial charge in [-0.2, -0.15) is 5.10 Å². The second-order valence-electron chi connectivity index (χ2n) is 5.26. The number of nitrogens with zero attached hydrogens (tertiary/aromatic N) is 2. The molecular formula is C16H21Cl2N3. The zero-order chi connectivity index (χ0) is 15.4. The molecule has 1 aromatic heterocycles. The Balaban J connectivity index is 2.28. The highest BCUT2D eigenvalue weighted by atomic mass is 35.5. The molecule has 5 heteroatoms. The molecule has 1 aromatic carbocycles. The number of aryl methyl sites for hydroxylation is 1. The van der Waals surface area contributed by atoms with Crippen molar-refractivity contribution >= 4 is 23.2 Å². The van der Waals surface area contributed by atoms with E-state index in [1.54, 1.807) is 0 Å². The van der Waals surface area contributed by atoms with Crippen LogP contribution in [-0.4, -0.2) is 16.3 Å². The van der Waals surface area contributed by atoms with Crippen molar-refractivity contribution in [2.24, 2.45) is 7.05 Å². The largest absolute Gasteiger partial charge is 0.310 e. The Kier molecular flexibility index (Phi) is 5.68. The van der Waals surface area contributed by atoms with Crippen molar-refractivity contribution < 1.29 is 0 Å². The van der Waals surface area contributed by atoms with Gasteiger partial charge in [0, 0.05) is 34.4 Å². The lowest BCUT2D eigenvalue weighted by molar-refractivity contribution is 0.526. The Labute approximate surface area is 136 Å². The number of hydrogen-bond acceptors (Lipinski definition) is 2. The average molecular weight is 326 g/mol. The SMILES string of the molecule is CCCNC(Cc1cc(Cl)ccc1Cl)c1cnn(C)c1C. The topological polar surface area (TPSA) is 29.9 Å². The van der Waals surface area contributed by atoms with E-state index < -0.39 is 0 Å². The first kappa shape index (κ1) is 16.3. The van der Waals surface area contributed by atoms with E-state index in [1.165, 1.54) is 11.3 Å². The summed E-state index contributed by atoms with van der Waals surface area (Å²) < 4.78 is 1.90. The number of nitrogens with one attached hydrogen (secondary N) is 1. The van der Waals surface area contributed by atoms with Crippen molar-refractivity contribution in [3.05, 3.63) is 51.3 Å². The third-order valence-electron chi connectivity index (χ3n) is 3.72. The van der Waals surface area contributed by atoms with Gasteiger partial charge in [-0.3, -0.25) is 4.68 Å². The Morgan fingerprint density at radius 1 is 1.33 bits per heavy atom. The Hall–Kier alpha value is -1.03. The van der Waals surface area contributed by atoms with Crippen molar-refractivity contribution in [2.45, 2.75) is 32.7 Å². The average Bonchev–Trinajstić information content (AvgIpc) is 2.79. The van der Waals surface area contributed by atoms with Crippen LogP contribution in [0.15, 0.2) is 24.4 Å². The maximum absolute atomic E-state index is 6.30. The predicted octanol–water partition coefficient (Wildman–Crippen LogP) is 4.32. The Bertz CT molecular complexity index is 608. The van der Waals surface area contributed by atoms with Crippen LogP contribution in [-0.2, 0) is 13.5 Å². The smallest absolute Gasteiger partial charge is 0.0540 e. The first-order valence-electron chi connectivity index (χ1n) is 7.18. The molecule has 1 heterocycles. The van der Waals surface area contributed by atoms with Crippen molar-refractivity contribution in [2.75, 3.05) is 6.54 Å². The maximum Gasteiger partial charge on any atom is 0.0540 e. The lowest BCUT2D eigenvalue weighted by atomic mass is 9.99. The number of halogens is 2. The van der Waals surface area contributed by atoms with Gasteiger partial charge < -0.3 is 5.32 Å². The number of hydrogen-bond donors (Lipinski definition) is 1. The van der Waals surface area contributed by atoms with Crippen molar-refractivity contribution in [1.82, 2.24) is 15.1 Å². The van der Waals surface area contributed by atoms with Crippen LogP contribution < -0.4 is 5.32 Å². The standard InChI is InChI=1S/C16H21Cl2N3/c1-4-7-19-16(14-10-20-21(3)11(14)2)9-12-8-13(17)5-6-15(12)18/h5-6,8,10,16,19H,4,7,9H2,1-3H3. The van der Waals surface area contributed by atoms with E-state index in [4.69, 9.17) is 23.2 Å². The molecule has 2 aromatic rings. The summed E-state index contributed by atoms with van der Waals surface area (Å²) in [6.07, 6.45) is 3.81. The van der Waals surface area contributed by atoms with Crippen LogP contribution in [0.5, 0.6) is 0 Å². The molecule has 1 N–H and O–H groups in total. The molecule has 2 rings (SSSR count). The van der Waals surface area contributed by atoms with Crippen LogP contribution in [0.3, 0.4) is 0 Å². The van der Waals surface area contributed by atoms with Crippen LogP contribution in [0.4, 0.5) is 0 Å². The van der Waals surface area contributed by atoms with E-state index in [0.717, 1.165) is 30.0 Å². The molecular weight excluding hydrogens is 305 g/mol. The lowest BCUT2D eigenvalue weighted by Gasteiger charge is -2.19. The maximum atomic E-state index is 6.30. The van der Waals surface area contributed by atoms with Gasteiger partial charge in [0.25, 0.3) is 0 Å². The zero-order valence-corrected chi connectivity index (χ0v) is 14.2. The molecule has 21 heavy (non-hydrogen) atoms. The van der Waals surface area contributed by atoms with E-state index in [9.17, 15) is 0 Å². The molecule has 114 valence electrons. The highest BCUT2D eigenvalue weighted by molar-refractivity contribution is 6.33. The normalized spacial score (nSPS) is 12.6. The van der Waals surface area contributed by atoms with Gasteiger partial charge in [0.15, 0.2) is 0 Å². The van der Waals surface area contributed by atoms with E-state index in [0.29, 0.717) is 5.02 Å². The van der Waals surface area contributed by atoms with Crippen LogP contribution in [0.1, 0.15) is 36.2 Å². The van der Waals surface area contributed by atoms with Gasteiger partial charge in [0.2, 0.25) is 0 Å². The predicted molar refractivity (Wildman–Crippen MR) is 89.1 cm³/mol. The first-order chi connectivity index (χ1) is 10.0. The highest BCUT2D eigenvalue weighted by Crippen LogP contribution is 2.27. The molecule has 0 radical (unpaired) electrons. The van der Waals surface area contributed by atoms with Crippen LogP contribution >= 0.6 is 23.2 Å². The van der Waals surface area contributed by atoms with Gasteiger partial charge in [0.1, 0.15) is 0 Å². The van der Waals surface area contributed by atoms with Crippen molar-refractivity contribution in [3.8, 4) is 0 Å². The fourth-order valence-corrected chi connectivity index (χ4v) is 2.78. The minimum atomic E-state index is 0.189. The molecule has 0 bridgehead atoms. The Morgan fingerprint density at radius 2 is 2.10 bits per heavy atom. The summed E-state index contributed by atoms with van der Waals surface area (Å²) in [7, 11) is 1.96. The lowest BCUT2D eigenvalue weighted by Crippen LogP contribution is -2.24. The molecule has 0 fully saturated rings. The fourth-order valence-electron chi connectivity index (χ4n) is 2.39.